The maximum absolute atomic E-state index is 14.4. The molecule has 1 aliphatic carbocycles. The quantitative estimate of drug-likeness (QED) is 0.798. The Balaban J connectivity index is 1.60. The Bertz CT molecular complexity index is 771. The van der Waals surface area contributed by atoms with E-state index in [1.807, 2.05) is 17.0 Å². The summed E-state index contributed by atoms with van der Waals surface area (Å²) in [6.07, 6.45) is 6.92. The largest absolute Gasteiger partial charge is 0.376 e. The first kappa shape index (κ1) is 17.2. The van der Waals surface area contributed by atoms with Crippen molar-refractivity contribution in [1.29, 1.82) is 0 Å². The number of rotatable bonds is 6. The third-order valence-corrected chi connectivity index (χ3v) is 5.41. The van der Waals surface area contributed by atoms with Crippen LogP contribution in [0.5, 0.6) is 0 Å². The minimum absolute atomic E-state index is 0.00918. The molecule has 1 aliphatic heterocycles. The van der Waals surface area contributed by atoms with Crippen LogP contribution in [0.1, 0.15) is 36.8 Å². The number of carbonyl (C=O) groups excluding carboxylic acids is 1. The van der Waals surface area contributed by atoms with Crippen molar-refractivity contribution in [3.63, 3.8) is 0 Å². The highest BCUT2D eigenvalue weighted by Crippen LogP contribution is 2.50. The van der Waals surface area contributed by atoms with Crippen LogP contribution in [0.4, 0.5) is 4.39 Å². The molecule has 5 heteroatoms. The number of aromatic nitrogens is 1. The van der Waals surface area contributed by atoms with Crippen molar-refractivity contribution in [1.82, 2.24) is 9.88 Å². The Morgan fingerprint density at radius 3 is 2.65 bits per heavy atom. The molecule has 4 nitrogen and oxygen atoms in total. The number of hydrogen-bond donors (Lipinski definition) is 0. The lowest BCUT2D eigenvalue weighted by molar-refractivity contribution is -0.136. The minimum atomic E-state index is -0.711. The molecule has 2 aromatic rings. The zero-order valence-electron chi connectivity index (χ0n) is 14.7. The third-order valence-electron chi connectivity index (χ3n) is 5.41. The fourth-order valence-corrected chi connectivity index (χ4v) is 3.84. The first-order valence-corrected chi connectivity index (χ1v) is 9.24. The molecule has 0 unspecified atom stereocenters. The normalized spacial score (nSPS) is 20.7. The summed E-state index contributed by atoms with van der Waals surface area (Å²) in [5, 5.41) is 0. The number of benzene rings is 1. The molecule has 2 fully saturated rings. The number of carbonyl (C=O) groups is 1. The lowest BCUT2D eigenvalue weighted by Crippen LogP contribution is -2.43. The van der Waals surface area contributed by atoms with Crippen LogP contribution in [-0.2, 0) is 21.5 Å². The summed E-state index contributed by atoms with van der Waals surface area (Å²) in [5.41, 5.74) is 0.838. The van der Waals surface area contributed by atoms with E-state index < -0.39 is 5.41 Å². The number of amides is 1. The predicted molar refractivity (Wildman–Crippen MR) is 95.9 cm³/mol. The van der Waals surface area contributed by atoms with Crippen LogP contribution in [0.2, 0.25) is 0 Å². The van der Waals surface area contributed by atoms with Gasteiger partial charge in [0.1, 0.15) is 5.82 Å². The van der Waals surface area contributed by atoms with Crippen molar-refractivity contribution in [2.24, 2.45) is 0 Å². The van der Waals surface area contributed by atoms with Crippen LogP contribution in [0.3, 0.4) is 0 Å². The van der Waals surface area contributed by atoms with Gasteiger partial charge in [-0.1, -0.05) is 18.2 Å². The van der Waals surface area contributed by atoms with Gasteiger partial charge in [0.15, 0.2) is 0 Å². The summed E-state index contributed by atoms with van der Waals surface area (Å²) in [6, 6.07) is 10.5. The monoisotopic (exact) mass is 354 g/mol. The van der Waals surface area contributed by atoms with E-state index in [0.717, 1.165) is 25.0 Å². The van der Waals surface area contributed by atoms with Crippen molar-refractivity contribution in [3.8, 4) is 0 Å². The van der Waals surface area contributed by atoms with E-state index in [2.05, 4.69) is 4.98 Å². The highest BCUT2D eigenvalue weighted by atomic mass is 19.1. The highest BCUT2D eigenvalue weighted by molar-refractivity contribution is 5.91. The van der Waals surface area contributed by atoms with E-state index in [4.69, 9.17) is 4.74 Å². The van der Waals surface area contributed by atoms with Gasteiger partial charge < -0.3 is 9.64 Å². The van der Waals surface area contributed by atoms with E-state index in [9.17, 15) is 9.18 Å². The smallest absolute Gasteiger partial charge is 0.233 e. The van der Waals surface area contributed by atoms with Crippen LogP contribution in [-0.4, -0.2) is 35.0 Å². The standard InChI is InChI=1S/C21H23FN2O2/c22-19-6-2-1-5-18(19)21(9-10-21)20(25)24(15-17-4-3-13-26-17)14-16-7-11-23-12-8-16/h1-2,5-8,11-12,17H,3-4,9-10,13-15H2/t17-/m0/s1. The topological polar surface area (TPSA) is 42.4 Å². The zero-order valence-corrected chi connectivity index (χ0v) is 14.7. The molecule has 1 saturated carbocycles. The Labute approximate surface area is 153 Å². The van der Waals surface area contributed by atoms with E-state index in [1.165, 1.54) is 6.07 Å². The van der Waals surface area contributed by atoms with Gasteiger partial charge in [-0.3, -0.25) is 9.78 Å². The molecule has 0 bridgehead atoms. The average Bonchev–Trinajstić information content (AvgIpc) is 3.31. The molecule has 1 amide bonds. The van der Waals surface area contributed by atoms with Gasteiger partial charge in [-0.2, -0.15) is 0 Å². The van der Waals surface area contributed by atoms with Gasteiger partial charge in [-0.25, -0.2) is 4.39 Å². The van der Waals surface area contributed by atoms with Crippen LogP contribution in [0.25, 0.3) is 0 Å². The molecule has 2 aliphatic rings. The van der Waals surface area contributed by atoms with E-state index in [1.54, 1.807) is 30.6 Å². The van der Waals surface area contributed by atoms with Gasteiger partial charge in [0.25, 0.3) is 0 Å². The summed E-state index contributed by atoms with van der Waals surface area (Å²) >= 11 is 0. The Morgan fingerprint density at radius 2 is 2.00 bits per heavy atom. The zero-order chi connectivity index (χ0) is 18.0. The molecule has 4 rings (SSSR count). The molecule has 1 atom stereocenters. The molecule has 1 aromatic heterocycles. The van der Waals surface area contributed by atoms with Crippen LogP contribution in [0.15, 0.2) is 48.8 Å². The maximum atomic E-state index is 14.4. The van der Waals surface area contributed by atoms with Crippen LogP contribution in [0, 0.1) is 5.82 Å². The summed E-state index contributed by atoms with van der Waals surface area (Å²) in [6.45, 7) is 1.80. The number of nitrogens with zero attached hydrogens (tertiary/aromatic N) is 2. The molecular weight excluding hydrogens is 331 g/mol. The third kappa shape index (κ3) is 3.36. The van der Waals surface area contributed by atoms with Gasteiger partial charge in [0.2, 0.25) is 5.91 Å². The Hall–Kier alpha value is -2.27. The molecule has 1 saturated heterocycles. The lowest BCUT2D eigenvalue weighted by Gasteiger charge is -2.30. The molecule has 26 heavy (non-hydrogen) atoms. The fraction of sp³-hybridized carbons (Fsp3) is 0.429. The SMILES string of the molecule is O=C(N(Cc1ccncc1)C[C@@H]1CCCO1)C1(c2ccccc2F)CC1. The van der Waals surface area contributed by atoms with Crippen LogP contribution >= 0.6 is 0 Å². The number of halogens is 1. The Kier molecular flexibility index (Phi) is 4.72. The van der Waals surface area contributed by atoms with Crippen molar-refractivity contribution >= 4 is 5.91 Å². The van der Waals surface area contributed by atoms with Gasteiger partial charge in [-0.05, 0) is 49.4 Å². The number of pyridine rings is 1. The lowest BCUT2D eigenvalue weighted by atomic mass is 9.93. The van der Waals surface area contributed by atoms with Gasteiger partial charge in [0, 0.05) is 37.7 Å². The highest BCUT2D eigenvalue weighted by Gasteiger charge is 2.54. The summed E-state index contributed by atoms with van der Waals surface area (Å²) in [4.78, 5) is 19.4. The first-order chi connectivity index (χ1) is 12.7. The Morgan fingerprint density at radius 1 is 1.23 bits per heavy atom. The second-order valence-electron chi connectivity index (χ2n) is 7.24. The molecule has 0 spiro atoms. The van der Waals surface area contributed by atoms with Gasteiger partial charge in [-0.15, -0.1) is 0 Å². The second kappa shape index (κ2) is 7.16. The predicted octanol–water partition coefficient (Wildman–Crippen LogP) is 3.46. The van der Waals surface area contributed by atoms with Crippen molar-refractivity contribution in [2.75, 3.05) is 13.2 Å². The molecule has 0 N–H and O–H groups in total. The van der Waals surface area contributed by atoms with Crippen LogP contribution < -0.4 is 0 Å². The molecule has 1 aromatic carbocycles. The summed E-state index contributed by atoms with van der Waals surface area (Å²) in [5.74, 6) is -0.283. The maximum Gasteiger partial charge on any atom is 0.233 e. The summed E-state index contributed by atoms with van der Waals surface area (Å²) < 4.78 is 20.1. The van der Waals surface area contributed by atoms with E-state index in [-0.39, 0.29) is 17.8 Å². The van der Waals surface area contributed by atoms with E-state index >= 15 is 0 Å². The first-order valence-electron chi connectivity index (χ1n) is 9.24. The van der Waals surface area contributed by atoms with Crippen molar-refractivity contribution < 1.29 is 13.9 Å². The minimum Gasteiger partial charge on any atom is -0.376 e. The number of hydrogen-bond acceptors (Lipinski definition) is 3. The average molecular weight is 354 g/mol. The fourth-order valence-electron chi connectivity index (χ4n) is 3.84. The second-order valence-corrected chi connectivity index (χ2v) is 7.24. The molecule has 0 radical (unpaired) electrons. The molecule has 2 heterocycles. The van der Waals surface area contributed by atoms with Gasteiger partial charge >= 0.3 is 0 Å². The number of ether oxygens (including phenoxy) is 1. The van der Waals surface area contributed by atoms with Gasteiger partial charge in [0.05, 0.1) is 11.5 Å². The van der Waals surface area contributed by atoms with Crippen molar-refractivity contribution in [2.45, 2.75) is 43.7 Å². The molecule has 136 valence electrons. The van der Waals surface area contributed by atoms with E-state index in [0.29, 0.717) is 31.5 Å². The van der Waals surface area contributed by atoms with Crippen molar-refractivity contribution in [3.05, 3.63) is 65.7 Å². The summed E-state index contributed by atoms with van der Waals surface area (Å²) in [7, 11) is 0. The molecular formula is C21H23FN2O2.